The Labute approximate surface area is 92.0 Å². The van der Waals surface area contributed by atoms with E-state index >= 15 is 0 Å². The number of alkyl halides is 2. The Bertz CT molecular complexity index is 451. The minimum Gasteiger partial charge on any atom is -0.298 e. The molecule has 0 aliphatic rings. The number of carbonyl (C=O) groups is 1. The Morgan fingerprint density at radius 3 is 2.19 bits per heavy atom. The van der Waals surface area contributed by atoms with Gasteiger partial charge in [-0.25, -0.2) is 17.2 Å². The second-order valence-electron chi connectivity index (χ2n) is 3.19. The molecule has 1 aromatic carbocycles. The van der Waals surface area contributed by atoms with Crippen molar-refractivity contribution in [2.24, 2.45) is 0 Å². The summed E-state index contributed by atoms with van der Waals surface area (Å²) in [5.41, 5.74) is 0.341. The molecule has 0 amide bonds. The van der Waals surface area contributed by atoms with E-state index in [0.29, 0.717) is 11.8 Å². The second-order valence-corrected chi connectivity index (χ2v) is 5.29. The summed E-state index contributed by atoms with van der Waals surface area (Å²) in [7, 11) is -3.68. The Hall–Kier alpha value is -1.30. The monoisotopic (exact) mass is 248 g/mol. The molecule has 1 rings (SSSR count). The Balaban J connectivity index is 2.85. The predicted molar refractivity (Wildman–Crippen MR) is 54.5 cm³/mol. The van der Waals surface area contributed by atoms with Crippen molar-refractivity contribution in [3.05, 3.63) is 29.8 Å². The van der Waals surface area contributed by atoms with Crippen LogP contribution in [0.1, 0.15) is 16.8 Å². The standard InChI is InChI=1S/C10H10F2O3S/c11-10(12)5-6-16(14,15)9-3-1-8(7-13)2-4-9/h1-4,7,10H,5-6H2. The van der Waals surface area contributed by atoms with Gasteiger partial charge in [0.1, 0.15) is 6.29 Å². The highest BCUT2D eigenvalue weighted by Crippen LogP contribution is 2.14. The van der Waals surface area contributed by atoms with Gasteiger partial charge in [0.2, 0.25) is 6.43 Å². The van der Waals surface area contributed by atoms with Gasteiger partial charge in [-0.05, 0) is 12.1 Å². The maximum atomic E-state index is 11.9. The molecule has 0 saturated heterocycles. The molecule has 6 heteroatoms. The first-order valence-electron chi connectivity index (χ1n) is 4.52. The molecule has 0 aliphatic heterocycles. The molecule has 0 spiro atoms. The summed E-state index contributed by atoms with van der Waals surface area (Å²) >= 11 is 0. The number of aldehydes is 1. The highest BCUT2D eigenvalue weighted by molar-refractivity contribution is 7.91. The average molecular weight is 248 g/mol. The van der Waals surface area contributed by atoms with E-state index in [1.54, 1.807) is 0 Å². The third-order valence-electron chi connectivity index (χ3n) is 1.98. The zero-order valence-corrected chi connectivity index (χ0v) is 9.08. The van der Waals surface area contributed by atoms with Crippen molar-refractivity contribution >= 4 is 16.1 Å². The quantitative estimate of drug-likeness (QED) is 0.748. The number of halogens is 2. The topological polar surface area (TPSA) is 51.2 Å². The Morgan fingerprint density at radius 1 is 1.19 bits per heavy atom. The largest absolute Gasteiger partial charge is 0.298 e. The molecule has 88 valence electrons. The van der Waals surface area contributed by atoms with Crippen LogP contribution in [0.4, 0.5) is 8.78 Å². The van der Waals surface area contributed by atoms with Gasteiger partial charge in [-0.15, -0.1) is 0 Å². The summed E-state index contributed by atoms with van der Waals surface area (Å²) < 4.78 is 46.8. The minimum absolute atomic E-state index is 0.0428. The van der Waals surface area contributed by atoms with Crippen molar-refractivity contribution in [3.8, 4) is 0 Å². The number of hydrogen-bond acceptors (Lipinski definition) is 3. The van der Waals surface area contributed by atoms with E-state index in [4.69, 9.17) is 0 Å². The van der Waals surface area contributed by atoms with Gasteiger partial charge in [0.05, 0.1) is 10.6 Å². The molecule has 0 bridgehead atoms. The molecule has 3 nitrogen and oxygen atoms in total. The number of carbonyl (C=O) groups excluding carboxylic acids is 1. The molecular weight excluding hydrogens is 238 g/mol. The van der Waals surface area contributed by atoms with Crippen molar-refractivity contribution in [2.45, 2.75) is 17.7 Å². The first kappa shape index (κ1) is 12.8. The van der Waals surface area contributed by atoms with Gasteiger partial charge in [0.25, 0.3) is 0 Å². The average Bonchev–Trinajstić information content (AvgIpc) is 2.27. The van der Waals surface area contributed by atoms with Gasteiger partial charge in [-0.2, -0.15) is 0 Å². The fourth-order valence-electron chi connectivity index (χ4n) is 1.12. The van der Waals surface area contributed by atoms with Crippen LogP contribution in [0.15, 0.2) is 29.2 Å². The molecule has 0 unspecified atom stereocenters. The number of benzene rings is 1. The lowest BCUT2D eigenvalue weighted by atomic mass is 10.2. The summed E-state index contributed by atoms with van der Waals surface area (Å²) in [5, 5.41) is 0. The van der Waals surface area contributed by atoms with E-state index in [2.05, 4.69) is 0 Å². The van der Waals surface area contributed by atoms with Crippen LogP contribution in [0.5, 0.6) is 0 Å². The van der Waals surface area contributed by atoms with Gasteiger partial charge in [0.15, 0.2) is 9.84 Å². The SMILES string of the molecule is O=Cc1ccc(S(=O)(=O)CCC(F)F)cc1. The third kappa shape index (κ3) is 3.37. The zero-order valence-electron chi connectivity index (χ0n) is 8.27. The molecule has 0 saturated carbocycles. The lowest BCUT2D eigenvalue weighted by molar-refractivity contribution is 0.112. The molecule has 0 N–H and O–H groups in total. The number of hydrogen-bond donors (Lipinski definition) is 0. The molecule has 16 heavy (non-hydrogen) atoms. The summed E-state index contributed by atoms with van der Waals surface area (Å²) in [5.74, 6) is -0.592. The zero-order chi connectivity index (χ0) is 12.2. The molecule has 0 aromatic heterocycles. The molecular formula is C10H10F2O3S. The first-order chi connectivity index (χ1) is 7.45. The Morgan fingerprint density at radius 2 is 1.75 bits per heavy atom. The number of rotatable bonds is 5. The van der Waals surface area contributed by atoms with Crippen molar-refractivity contribution in [2.75, 3.05) is 5.75 Å². The van der Waals surface area contributed by atoms with Crippen LogP contribution in [0.2, 0.25) is 0 Å². The van der Waals surface area contributed by atoms with Crippen LogP contribution < -0.4 is 0 Å². The molecule has 0 radical (unpaired) electrons. The van der Waals surface area contributed by atoms with Crippen LogP contribution in [0.25, 0.3) is 0 Å². The molecule has 0 aliphatic carbocycles. The van der Waals surface area contributed by atoms with Crippen molar-refractivity contribution in [1.82, 2.24) is 0 Å². The van der Waals surface area contributed by atoms with E-state index in [9.17, 15) is 22.0 Å². The highest BCUT2D eigenvalue weighted by Gasteiger charge is 2.16. The number of sulfone groups is 1. The molecule has 1 aromatic rings. The highest BCUT2D eigenvalue weighted by atomic mass is 32.2. The summed E-state index contributed by atoms with van der Waals surface area (Å²) in [6.07, 6.45) is -2.74. The summed E-state index contributed by atoms with van der Waals surface area (Å²) in [6, 6.07) is 5.15. The van der Waals surface area contributed by atoms with E-state index in [-0.39, 0.29) is 4.90 Å². The van der Waals surface area contributed by atoms with E-state index in [0.717, 1.165) is 0 Å². The molecule has 0 atom stereocenters. The van der Waals surface area contributed by atoms with Gasteiger partial charge < -0.3 is 0 Å². The van der Waals surface area contributed by atoms with Crippen LogP contribution in [0.3, 0.4) is 0 Å². The van der Waals surface area contributed by atoms with Crippen molar-refractivity contribution in [3.63, 3.8) is 0 Å². The maximum Gasteiger partial charge on any atom is 0.239 e. The molecule has 0 fully saturated rings. The van der Waals surface area contributed by atoms with Crippen LogP contribution in [-0.2, 0) is 9.84 Å². The third-order valence-corrected chi connectivity index (χ3v) is 3.74. The van der Waals surface area contributed by atoms with E-state index in [1.807, 2.05) is 0 Å². The summed E-state index contributed by atoms with van der Waals surface area (Å²) in [4.78, 5) is 10.3. The van der Waals surface area contributed by atoms with Crippen LogP contribution in [-0.4, -0.2) is 26.9 Å². The fraction of sp³-hybridized carbons (Fsp3) is 0.300. The van der Waals surface area contributed by atoms with Crippen molar-refractivity contribution < 1.29 is 22.0 Å². The van der Waals surface area contributed by atoms with Crippen LogP contribution >= 0.6 is 0 Å². The van der Waals surface area contributed by atoms with Gasteiger partial charge >= 0.3 is 0 Å². The van der Waals surface area contributed by atoms with Gasteiger partial charge in [-0.3, -0.25) is 4.79 Å². The Kier molecular flexibility index (Phi) is 4.12. The summed E-state index contributed by atoms with van der Waals surface area (Å²) in [6.45, 7) is 0. The van der Waals surface area contributed by atoms with Gasteiger partial charge in [0, 0.05) is 12.0 Å². The lowest BCUT2D eigenvalue weighted by Crippen LogP contribution is -2.10. The van der Waals surface area contributed by atoms with Crippen molar-refractivity contribution in [1.29, 1.82) is 0 Å². The normalized spacial score (nSPS) is 11.7. The minimum atomic E-state index is -3.68. The predicted octanol–water partition coefficient (Wildman–Crippen LogP) is 1.93. The maximum absolute atomic E-state index is 11.9. The fourth-order valence-corrected chi connectivity index (χ4v) is 2.39. The van der Waals surface area contributed by atoms with E-state index < -0.39 is 28.4 Å². The lowest BCUT2D eigenvalue weighted by Gasteiger charge is -2.03. The smallest absolute Gasteiger partial charge is 0.239 e. The second kappa shape index (κ2) is 5.16. The molecule has 0 heterocycles. The first-order valence-corrected chi connectivity index (χ1v) is 6.17. The van der Waals surface area contributed by atoms with Crippen LogP contribution in [0, 0.1) is 0 Å². The van der Waals surface area contributed by atoms with E-state index in [1.165, 1.54) is 24.3 Å². The van der Waals surface area contributed by atoms with Gasteiger partial charge in [-0.1, -0.05) is 12.1 Å².